The van der Waals surface area contributed by atoms with Gasteiger partial charge in [-0.15, -0.1) is 0 Å². The second-order valence-electron chi connectivity index (χ2n) is 6.23. The van der Waals surface area contributed by atoms with Crippen molar-refractivity contribution in [3.63, 3.8) is 0 Å². The first-order valence-electron chi connectivity index (χ1n) is 8.42. The van der Waals surface area contributed by atoms with E-state index in [1.165, 1.54) is 58.3 Å². The van der Waals surface area contributed by atoms with E-state index in [-0.39, 0.29) is 6.42 Å². The number of carboxylic acid groups (broad SMARTS) is 2. The molecule has 0 spiro atoms. The minimum absolute atomic E-state index is 0.217. The summed E-state index contributed by atoms with van der Waals surface area (Å²) in [5.41, 5.74) is -1.63. The topological polar surface area (TPSA) is 74.6 Å². The summed E-state index contributed by atoms with van der Waals surface area (Å²) in [6.45, 7) is 3.52. The van der Waals surface area contributed by atoms with Crippen LogP contribution in [0.25, 0.3) is 0 Å². The van der Waals surface area contributed by atoms with Gasteiger partial charge in [0.25, 0.3) is 0 Å². The molecule has 0 saturated carbocycles. The third-order valence-electron chi connectivity index (χ3n) is 4.22. The van der Waals surface area contributed by atoms with Gasteiger partial charge >= 0.3 is 11.9 Å². The number of hydrogen-bond acceptors (Lipinski definition) is 2. The fourth-order valence-corrected chi connectivity index (χ4v) is 2.45. The molecule has 21 heavy (non-hydrogen) atoms. The van der Waals surface area contributed by atoms with Crippen LogP contribution in [0.5, 0.6) is 0 Å². The number of aliphatic carboxylic acids is 2. The lowest BCUT2D eigenvalue weighted by molar-refractivity contribution is -0.163. The second-order valence-corrected chi connectivity index (χ2v) is 6.23. The molecule has 0 aromatic rings. The monoisotopic (exact) mass is 300 g/mol. The summed E-state index contributed by atoms with van der Waals surface area (Å²) in [6.07, 6.45) is 13.2. The predicted molar refractivity (Wildman–Crippen MR) is 84.5 cm³/mol. The molecule has 0 bridgehead atoms. The lowest BCUT2D eigenvalue weighted by Gasteiger charge is -2.19. The molecule has 2 N–H and O–H groups in total. The maximum atomic E-state index is 11.0. The van der Waals surface area contributed by atoms with Gasteiger partial charge in [0.2, 0.25) is 0 Å². The van der Waals surface area contributed by atoms with Crippen molar-refractivity contribution in [1.82, 2.24) is 0 Å². The first-order chi connectivity index (χ1) is 9.95. The highest BCUT2D eigenvalue weighted by Crippen LogP contribution is 2.25. The fraction of sp³-hybridized carbons (Fsp3) is 0.882. The van der Waals surface area contributed by atoms with Crippen molar-refractivity contribution < 1.29 is 19.8 Å². The van der Waals surface area contributed by atoms with Crippen LogP contribution in [0.2, 0.25) is 0 Å². The highest BCUT2D eigenvalue weighted by atomic mass is 16.4. The standard InChI is InChI=1S/C17H32O4/c1-3-4-5-6-7-8-9-10-11-12-13-14-17(2,15(18)19)16(20)21/h3-14H2,1-2H3,(H,18,19)(H,20,21). The zero-order valence-corrected chi connectivity index (χ0v) is 13.7. The van der Waals surface area contributed by atoms with Gasteiger partial charge in [0.1, 0.15) is 0 Å². The van der Waals surface area contributed by atoms with Crippen LogP contribution in [0.15, 0.2) is 0 Å². The van der Waals surface area contributed by atoms with Gasteiger partial charge in [-0.05, 0) is 13.3 Å². The zero-order valence-electron chi connectivity index (χ0n) is 13.7. The second kappa shape index (κ2) is 11.6. The Bertz CT molecular complexity index is 285. The summed E-state index contributed by atoms with van der Waals surface area (Å²) in [6, 6.07) is 0. The van der Waals surface area contributed by atoms with Gasteiger partial charge in [0.05, 0.1) is 0 Å². The Labute approximate surface area is 128 Å². The van der Waals surface area contributed by atoms with Crippen LogP contribution in [0.4, 0.5) is 0 Å². The van der Waals surface area contributed by atoms with Gasteiger partial charge < -0.3 is 10.2 Å². The van der Waals surface area contributed by atoms with Crippen molar-refractivity contribution in [2.24, 2.45) is 5.41 Å². The Morgan fingerprint density at radius 2 is 1.05 bits per heavy atom. The molecule has 124 valence electrons. The van der Waals surface area contributed by atoms with Crippen molar-refractivity contribution in [1.29, 1.82) is 0 Å². The van der Waals surface area contributed by atoms with Crippen LogP contribution in [-0.2, 0) is 9.59 Å². The maximum absolute atomic E-state index is 11.0. The van der Waals surface area contributed by atoms with E-state index in [4.69, 9.17) is 10.2 Å². The number of hydrogen-bond donors (Lipinski definition) is 2. The largest absolute Gasteiger partial charge is 0.480 e. The SMILES string of the molecule is CCCCCCCCCCCCCC(C)(C(=O)O)C(=O)O. The van der Waals surface area contributed by atoms with Gasteiger partial charge in [-0.3, -0.25) is 9.59 Å². The highest BCUT2D eigenvalue weighted by Gasteiger charge is 2.40. The first kappa shape index (κ1) is 19.9. The van der Waals surface area contributed by atoms with Crippen LogP contribution in [0.3, 0.4) is 0 Å². The summed E-state index contributed by atoms with van der Waals surface area (Å²) in [5, 5.41) is 18.0. The first-order valence-corrected chi connectivity index (χ1v) is 8.42. The molecule has 0 rings (SSSR count). The summed E-state index contributed by atoms with van der Waals surface area (Å²) < 4.78 is 0. The van der Waals surface area contributed by atoms with E-state index in [1.54, 1.807) is 0 Å². The molecule has 0 fully saturated rings. The van der Waals surface area contributed by atoms with Crippen molar-refractivity contribution in [2.75, 3.05) is 0 Å². The van der Waals surface area contributed by atoms with Crippen molar-refractivity contribution >= 4 is 11.9 Å². The van der Waals surface area contributed by atoms with E-state index >= 15 is 0 Å². The normalized spacial score (nSPS) is 11.5. The molecule has 0 aromatic heterocycles. The lowest BCUT2D eigenvalue weighted by Crippen LogP contribution is -2.36. The molecule has 0 amide bonds. The van der Waals surface area contributed by atoms with E-state index in [0.29, 0.717) is 6.42 Å². The van der Waals surface area contributed by atoms with Crippen LogP contribution in [0, 0.1) is 5.41 Å². The van der Waals surface area contributed by atoms with E-state index in [2.05, 4.69) is 6.92 Å². The average molecular weight is 300 g/mol. The summed E-state index contributed by atoms with van der Waals surface area (Å²) in [4.78, 5) is 22.0. The van der Waals surface area contributed by atoms with Crippen LogP contribution < -0.4 is 0 Å². The summed E-state index contributed by atoms with van der Waals surface area (Å²) in [7, 11) is 0. The molecule has 0 heterocycles. The Morgan fingerprint density at radius 1 is 0.714 bits per heavy atom. The fourth-order valence-electron chi connectivity index (χ4n) is 2.45. The molecule has 0 unspecified atom stereocenters. The van der Waals surface area contributed by atoms with Gasteiger partial charge in [-0.1, -0.05) is 77.6 Å². The van der Waals surface area contributed by atoms with Gasteiger partial charge in [-0.2, -0.15) is 0 Å². The number of carboxylic acids is 2. The molecule has 4 nitrogen and oxygen atoms in total. The van der Waals surface area contributed by atoms with Crippen LogP contribution in [0.1, 0.15) is 90.9 Å². The number of rotatable bonds is 14. The minimum Gasteiger partial charge on any atom is -0.480 e. The molecule has 0 radical (unpaired) electrons. The van der Waals surface area contributed by atoms with E-state index in [1.807, 2.05) is 0 Å². The molecular formula is C17H32O4. The summed E-state index contributed by atoms with van der Waals surface area (Å²) >= 11 is 0. The van der Waals surface area contributed by atoms with Crippen molar-refractivity contribution in [2.45, 2.75) is 90.9 Å². The zero-order chi connectivity index (χ0) is 16.1. The molecular weight excluding hydrogens is 268 g/mol. The number of carbonyl (C=O) groups is 2. The van der Waals surface area contributed by atoms with Gasteiger partial charge in [0, 0.05) is 0 Å². The Kier molecular flexibility index (Phi) is 11.0. The average Bonchev–Trinajstić information content (AvgIpc) is 2.44. The van der Waals surface area contributed by atoms with Crippen molar-refractivity contribution in [3.8, 4) is 0 Å². The third-order valence-corrected chi connectivity index (χ3v) is 4.22. The quantitative estimate of drug-likeness (QED) is 0.355. The van der Waals surface area contributed by atoms with Crippen molar-refractivity contribution in [3.05, 3.63) is 0 Å². The molecule has 0 aromatic carbocycles. The number of unbranched alkanes of at least 4 members (excludes halogenated alkanes) is 10. The molecule has 0 atom stereocenters. The van der Waals surface area contributed by atoms with Gasteiger partial charge in [-0.25, -0.2) is 0 Å². The Morgan fingerprint density at radius 3 is 1.38 bits per heavy atom. The van der Waals surface area contributed by atoms with Crippen LogP contribution in [-0.4, -0.2) is 22.2 Å². The molecule has 4 heteroatoms. The Balaban J connectivity index is 3.51. The molecule has 0 saturated heterocycles. The van der Waals surface area contributed by atoms with Gasteiger partial charge in [0.15, 0.2) is 5.41 Å². The third kappa shape index (κ3) is 8.74. The van der Waals surface area contributed by atoms with E-state index < -0.39 is 17.4 Å². The summed E-state index contributed by atoms with van der Waals surface area (Å²) in [5.74, 6) is -2.47. The Hall–Kier alpha value is -1.06. The van der Waals surface area contributed by atoms with E-state index in [0.717, 1.165) is 12.8 Å². The predicted octanol–water partition coefficient (Wildman–Crippen LogP) is 4.86. The maximum Gasteiger partial charge on any atom is 0.320 e. The van der Waals surface area contributed by atoms with E-state index in [9.17, 15) is 9.59 Å². The smallest absolute Gasteiger partial charge is 0.320 e. The lowest BCUT2D eigenvalue weighted by atomic mass is 9.85. The minimum atomic E-state index is -1.63. The highest BCUT2D eigenvalue weighted by molar-refractivity contribution is 5.97. The molecule has 0 aliphatic rings. The molecule has 0 aliphatic carbocycles. The molecule has 0 aliphatic heterocycles. The van der Waals surface area contributed by atoms with Crippen LogP contribution >= 0.6 is 0 Å².